The topological polar surface area (TPSA) is 75.7 Å². The first kappa shape index (κ1) is 17.4. The summed E-state index contributed by atoms with van der Waals surface area (Å²) in [7, 11) is -2.46. The van der Waals surface area contributed by atoms with Gasteiger partial charge in [-0.05, 0) is 36.1 Å². The Morgan fingerprint density at radius 1 is 1.16 bits per heavy atom. The van der Waals surface area contributed by atoms with Crippen LogP contribution >= 0.6 is 0 Å². The third-order valence-corrected chi connectivity index (χ3v) is 5.54. The van der Waals surface area contributed by atoms with Crippen LogP contribution in [0.25, 0.3) is 0 Å². The summed E-state index contributed by atoms with van der Waals surface area (Å²) in [5, 5.41) is 0. The number of ether oxygens (including phenoxy) is 1. The lowest BCUT2D eigenvalue weighted by Crippen LogP contribution is -2.46. The summed E-state index contributed by atoms with van der Waals surface area (Å²) in [4.78, 5) is 12.5. The average molecular weight is 360 g/mol. The van der Waals surface area contributed by atoms with Crippen molar-refractivity contribution in [2.45, 2.75) is 19.4 Å². The number of nitrogens with zero attached hydrogens (tertiary/aromatic N) is 1. The van der Waals surface area contributed by atoms with E-state index in [-0.39, 0.29) is 6.61 Å². The van der Waals surface area contributed by atoms with Gasteiger partial charge in [-0.15, -0.1) is 0 Å². The lowest BCUT2D eigenvalue weighted by molar-refractivity contribution is 0.0976. The van der Waals surface area contributed by atoms with E-state index in [0.717, 1.165) is 12.0 Å². The summed E-state index contributed by atoms with van der Waals surface area (Å²) >= 11 is 0. The largest absolute Gasteiger partial charge is 0.380 e. The molecule has 0 saturated heterocycles. The molecule has 2 aromatic carbocycles. The number of rotatable bonds is 5. The van der Waals surface area contributed by atoms with Crippen LogP contribution in [0.4, 0.5) is 5.69 Å². The summed E-state index contributed by atoms with van der Waals surface area (Å²) in [6, 6.07) is 14.1. The van der Waals surface area contributed by atoms with Gasteiger partial charge in [0.15, 0.2) is 0 Å². The second-order valence-corrected chi connectivity index (χ2v) is 7.43. The van der Waals surface area contributed by atoms with Gasteiger partial charge < -0.3 is 4.74 Å². The molecule has 1 amide bonds. The lowest BCUT2D eigenvalue weighted by Gasteiger charge is -2.30. The number of anilines is 1. The van der Waals surface area contributed by atoms with E-state index < -0.39 is 16.1 Å². The van der Waals surface area contributed by atoms with Gasteiger partial charge in [0, 0.05) is 19.2 Å². The van der Waals surface area contributed by atoms with Gasteiger partial charge in [-0.25, -0.2) is 4.72 Å². The van der Waals surface area contributed by atoms with Crippen LogP contribution in [0.15, 0.2) is 48.5 Å². The Bertz CT molecular complexity index is 880. The van der Waals surface area contributed by atoms with E-state index in [1.807, 2.05) is 12.1 Å². The second kappa shape index (κ2) is 7.25. The van der Waals surface area contributed by atoms with E-state index in [2.05, 4.69) is 4.72 Å². The predicted octanol–water partition coefficient (Wildman–Crippen LogP) is 2.26. The van der Waals surface area contributed by atoms with Gasteiger partial charge in [-0.1, -0.05) is 36.4 Å². The molecule has 2 aromatic rings. The number of amides is 1. The van der Waals surface area contributed by atoms with Crippen LogP contribution in [-0.4, -0.2) is 28.0 Å². The fourth-order valence-corrected chi connectivity index (χ4v) is 4.26. The van der Waals surface area contributed by atoms with Gasteiger partial charge in [0.2, 0.25) is 0 Å². The summed E-state index contributed by atoms with van der Waals surface area (Å²) in [5.74, 6) is -0.657. The maximum absolute atomic E-state index is 12.8. The smallest absolute Gasteiger partial charge is 0.326 e. The van der Waals surface area contributed by atoms with Crippen LogP contribution in [0.1, 0.15) is 27.9 Å². The normalized spacial score (nSPS) is 14.0. The minimum atomic E-state index is -3.98. The number of carbonyl (C=O) groups is 1. The maximum Gasteiger partial charge on any atom is 0.326 e. The first-order valence-corrected chi connectivity index (χ1v) is 9.46. The van der Waals surface area contributed by atoms with Gasteiger partial charge in [-0.2, -0.15) is 8.42 Å². The van der Waals surface area contributed by atoms with E-state index in [9.17, 15) is 13.2 Å². The molecule has 0 saturated carbocycles. The van der Waals surface area contributed by atoms with Crippen LogP contribution in [-0.2, 0) is 28.0 Å². The molecule has 1 aliphatic heterocycles. The Morgan fingerprint density at radius 3 is 2.68 bits per heavy atom. The molecule has 3 rings (SSSR count). The monoisotopic (exact) mass is 360 g/mol. The Balaban J connectivity index is 1.87. The summed E-state index contributed by atoms with van der Waals surface area (Å²) in [6.07, 6.45) is 1.54. The molecule has 1 N–H and O–H groups in total. The number of carbonyl (C=O) groups excluding carboxylic acids is 1. The molecule has 6 nitrogen and oxygen atoms in total. The molecule has 0 aliphatic carbocycles. The molecule has 25 heavy (non-hydrogen) atoms. The van der Waals surface area contributed by atoms with E-state index in [1.54, 1.807) is 36.4 Å². The van der Waals surface area contributed by atoms with Crippen molar-refractivity contribution in [3.8, 4) is 0 Å². The van der Waals surface area contributed by atoms with Crippen LogP contribution in [0, 0.1) is 0 Å². The lowest BCUT2D eigenvalue weighted by atomic mass is 10.0. The molecule has 7 heteroatoms. The average Bonchev–Trinajstić information content (AvgIpc) is 2.61. The molecule has 0 fully saturated rings. The number of aryl methyl sites for hydroxylation is 1. The zero-order chi connectivity index (χ0) is 17.9. The number of benzene rings is 2. The van der Waals surface area contributed by atoms with Crippen molar-refractivity contribution >= 4 is 21.8 Å². The van der Waals surface area contributed by atoms with E-state index in [4.69, 9.17) is 4.74 Å². The second-order valence-electron chi connectivity index (χ2n) is 5.83. The third-order valence-electron chi connectivity index (χ3n) is 4.14. The quantitative estimate of drug-likeness (QED) is 0.887. The third kappa shape index (κ3) is 3.67. The van der Waals surface area contributed by atoms with Crippen LogP contribution in [0.2, 0.25) is 0 Å². The molecular weight excluding hydrogens is 340 g/mol. The molecule has 132 valence electrons. The van der Waals surface area contributed by atoms with Crippen molar-refractivity contribution in [2.75, 3.05) is 18.0 Å². The molecule has 0 unspecified atom stereocenters. The van der Waals surface area contributed by atoms with Crippen molar-refractivity contribution in [3.63, 3.8) is 0 Å². The van der Waals surface area contributed by atoms with Crippen LogP contribution in [0.3, 0.4) is 0 Å². The molecule has 0 bridgehead atoms. The summed E-state index contributed by atoms with van der Waals surface area (Å²) in [5.41, 5.74) is 2.51. The molecule has 1 aliphatic rings. The van der Waals surface area contributed by atoms with Gasteiger partial charge in [0.1, 0.15) is 0 Å². The zero-order valence-electron chi connectivity index (χ0n) is 13.9. The number of nitrogens with one attached hydrogen (secondary N) is 1. The van der Waals surface area contributed by atoms with Gasteiger partial charge in [0.05, 0.1) is 12.3 Å². The van der Waals surface area contributed by atoms with Crippen molar-refractivity contribution < 1.29 is 17.9 Å². The van der Waals surface area contributed by atoms with E-state index >= 15 is 0 Å². The highest BCUT2D eigenvalue weighted by molar-refractivity contribution is 7.91. The van der Waals surface area contributed by atoms with Gasteiger partial charge in [0.25, 0.3) is 5.91 Å². The number of para-hydroxylation sites is 1. The summed E-state index contributed by atoms with van der Waals surface area (Å²) < 4.78 is 34.1. The Hall–Kier alpha value is -2.38. The number of methoxy groups -OCH3 is 1. The predicted molar refractivity (Wildman–Crippen MR) is 95.7 cm³/mol. The van der Waals surface area contributed by atoms with Gasteiger partial charge >= 0.3 is 10.2 Å². The number of fused-ring (bicyclic) bond motifs is 1. The standard InChI is InChI=1S/C18H20N2O4S/c1-24-13-15-8-2-4-10-16(15)18(21)19-25(22,23)20-12-6-9-14-7-3-5-11-17(14)20/h2-5,7-8,10-11H,6,9,12-13H2,1H3,(H,19,21). The zero-order valence-corrected chi connectivity index (χ0v) is 14.8. The highest BCUT2D eigenvalue weighted by Gasteiger charge is 2.29. The Labute approximate surface area is 147 Å². The Morgan fingerprint density at radius 2 is 1.88 bits per heavy atom. The highest BCUT2D eigenvalue weighted by atomic mass is 32.2. The van der Waals surface area contributed by atoms with Crippen molar-refractivity contribution in [1.82, 2.24) is 4.72 Å². The van der Waals surface area contributed by atoms with Crippen LogP contribution < -0.4 is 9.03 Å². The molecule has 0 radical (unpaired) electrons. The first-order valence-electron chi connectivity index (χ1n) is 8.02. The molecule has 0 spiro atoms. The maximum atomic E-state index is 12.8. The molecule has 0 atom stereocenters. The van der Waals surface area contributed by atoms with Crippen molar-refractivity contribution in [2.24, 2.45) is 0 Å². The number of hydrogen-bond donors (Lipinski definition) is 1. The van der Waals surface area contributed by atoms with Crippen LogP contribution in [0.5, 0.6) is 0 Å². The summed E-state index contributed by atoms with van der Waals surface area (Å²) in [6.45, 7) is 0.579. The molecular formula is C18H20N2O4S. The SMILES string of the molecule is COCc1ccccc1C(=O)NS(=O)(=O)N1CCCc2ccccc21. The minimum Gasteiger partial charge on any atom is -0.380 e. The minimum absolute atomic E-state index is 0.232. The number of hydrogen-bond acceptors (Lipinski definition) is 4. The highest BCUT2D eigenvalue weighted by Crippen LogP contribution is 2.28. The van der Waals surface area contributed by atoms with E-state index in [0.29, 0.717) is 29.8 Å². The van der Waals surface area contributed by atoms with E-state index in [1.165, 1.54) is 11.4 Å². The molecule has 1 heterocycles. The first-order chi connectivity index (χ1) is 12.0. The van der Waals surface area contributed by atoms with Crippen molar-refractivity contribution in [3.05, 3.63) is 65.2 Å². The van der Waals surface area contributed by atoms with Gasteiger partial charge in [-0.3, -0.25) is 9.10 Å². The molecule has 0 aromatic heterocycles. The Kier molecular flexibility index (Phi) is 5.06. The fraction of sp³-hybridized carbons (Fsp3) is 0.278. The van der Waals surface area contributed by atoms with Crippen molar-refractivity contribution in [1.29, 1.82) is 0 Å². The fourth-order valence-electron chi connectivity index (χ4n) is 3.00.